The third-order valence-electron chi connectivity index (χ3n) is 3.23. The smallest absolute Gasteiger partial charge is 0.320 e. The molecule has 0 amide bonds. The summed E-state index contributed by atoms with van der Waals surface area (Å²) in [4.78, 5) is 22.8. The Balaban J connectivity index is 3.77. The second-order valence-corrected chi connectivity index (χ2v) is 4.85. The third kappa shape index (κ3) is 8.56. The number of carboxylic acid groups (broad SMARTS) is 2. The molecule has 0 aliphatic rings. The van der Waals surface area contributed by atoms with Gasteiger partial charge >= 0.3 is 11.9 Å². The van der Waals surface area contributed by atoms with Gasteiger partial charge < -0.3 is 15.3 Å². The van der Waals surface area contributed by atoms with E-state index >= 15 is 0 Å². The number of carbonyl (C=O) groups is 2. The normalized spacial score (nSPS) is 14.3. The number of aliphatic carboxylic acids is 2. The number of aliphatic hydroxyl groups excluding tert-OH is 1. The Morgan fingerprint density at radius 2 is 1.58 bits per heavy atom. The average Bonchev–Trinajstić information content (AvgIpc) is 2.30. The number of likely N-dealkylation sites (N-methyl/N-ethyl adjacent to an activating group) is 1. The predicted molar refractivity (Wildman–Crippen MR) is 70.8 cm³/mol. The molecule has 19 heavy (non-hydrogen) atoms. The van der Waals surface area contributed by atoms with Crippen LogP contribution in [-0.4, -0.2) is 51.5 Å². The summed E-state index contributed by atoms with van der Waals surface area (Å²) < 4.78 is 0. The number of carboxylic acids is 2. The summed E-state index contributed by atoms with van der Waals surface area (Å²) in [5.74, 6) is -1.70. The van der Waals surface area contributed by atoms with Crippen molar-refractivity contribution in [2.24, 2.45) is 0 Å². The highest BCUT2D eigenvalue weighted by Crippen LogP contribution is 2.13. The van der Waals surface area contributed by atoms with Crippen LogP contribution >= 0.6 is 0 Å². The molecular weight excluding hydrogens is 250 g/mol. The monoisotopic (exact) mass is 275 g/mol. The average molecular weight is 275 g/mol. The quantitative estimate of drug-likeness (QED) is 0.391. The second kappa shape index (κ2) is 9.75. The molecule has 0 aromatic heterocycles. The Hall–Kier alpha value is -1.14. The lowest BCUT2D eigenvalue weighted by molar-refractivity contribution is -0.147. The fourth-order valence-corrected chi connectivity index (χ4v) is 1.91. The highest BCUT2D eigenvalue weighted by atomic mass is 16.4. The van der Waals surface area contributed by atoms with Gasteiger partial charge in [0.1, 0.15) is 12.3 Å². The van der Waals surface area contributed by atoms with Crippen molar-refractivity contribution in [1.82, 2.24) is 4.90 Å². The molecule has 0 fully saturated rings. The van der Waals surface area contributed by atoms with Gasteiger partial charge in [0.15, 0.2) is 0 Å². The van der Waals surface area contributed by atoms with Crippen molar-refractivity contribution in [3.05, 3.63) is 0 Å². The second-order valence-electron chi connectivity index (χ2n) is 4.85. The lowest BCUT2D eigenvalue weighted by Gasteiger charge is -2.27. The van der Waals surface area contributed by atoms with Crippen LogP contribution in [0.2, 0.25) is 0 Å². The fourth-order valence-electron chi connectivity index (χ4n) is 1.91. The largest absolute Gasteiger partial charge is 0.481 e. The molecule has 0 radical (unpaired) electrons. The van der Waals surface area contributed by atoms with Crippen molar-refractivity contribution >= 4 is 11.9 Å². The zero-order chi connectivity index (χ0) is 14.8. The van der Waals surface area contributed by atoms with E-state index in [0.29, 0.717) is 12.8 Å². The van der Waals surface area contributed by atoms with Crippen LogP contribution in [0.3, 0.4) is 0 Å². The van der Waals surface area contributed by atoms with Crippen molar-refractivity contribution in [1.29, 1.82) is 0 Å². The molecule has 3 N–H and O–H groups in total. The summed E-state index contributed by atoms with van der Waals surface area (Å²) >= 11 is 0. The Morgan fingerprint density at radius 3 is 2.05 bits per heavy atom. The zero-order valence-corrected chi connectivity index (χ0v) is 11.7. The van der Waals surface area contributed by atoms with E-state index in [9.17, 15) is 14.7 Å². The summed E-state index contributed by atoms with van der Waals surface area (Å²) in [6.45, 7) is 1.54. The van der Waals surface area contributed by atoms with Gasteiger partial charge in [-0.1, -0.05) is 25.7 Å². The van der Waals surface area contributed by atoms with Gasteiger partial charge in [0.2, 0.25) is 0 Å². The van der Waals surface area contributed by atoms with Crippen molar-refractivity contribution in [2.45, 2.75) is 64.1 Å². The summed E-state index contributed by atoms with van der Waals surface area (Å²) in [6, 6.07) is -0.668. The Labute approximate surface area is 114 Å². The molecule has 0 aliphatic carbocycles. The van der Waals surface area contributed by atoms with E-state index in [4.69, 9.17) is 10.2 Å². The van der Waals surface area contributed by atoms with Crippen molar-refractivity contribution in [3.8, 4) is 0 Å². The third-order valence-corrected chi connectivity index (χ3v) is 3.23. The maximum absolute atomic E-state index is 11.1. The number of rotatable bonds is 11. The number of nitrogens with zero attached hydrogens (tertiary/aromatic N) is 1. The first-order valence-electron chi connectivity index (χ1n) is 6.71. The molecule has 0 spiro atoms. The summed E-state index contributed by atoms with van der Waals surface area (Å²) in [7, 11) is 1.59. The first-order valence-corrected chi connectivity index (χ1v) is 6.71. The summed E-state index contributed by atoms with van der Waals surface area (Å²) in [5, 5.41) is 26.9. The standard InChI is InChI=1S/C13H25NO5/c1-10(15)14(2)11(13(18)19)8-6-4-3-5-7-9-12(16)17/h10-11,15H,3-9H2,1-2H3,(H,16,17)(H,18,19). The van der Waals surface area contributed by atoms with E-state index in [1.165, 1.54) is 4.90 Å². The molecule has 2 unspecified atom stereocenters. The van der Waals surface area contributed by atoms with E-state index in [0.717, 1.165) is 25.7 Å². The summed E-state index contributed by atoms with van der Waals surface area (Å²) in [5.41, 5.74) is 0. The maximum atomic E-state index is 11.1. The highest BCUT2D eigenvalue weighted by molar-refractivity contribution is 5.73. The molecule has 6 nitrogen and oxygen atoms in total. The zero-order valence-electron chi connectivity index (χ0n) is 11.7. The van der Waals surface area contributed by atoms with Crippen molar-refractivity contribution in [3.63, 3.8) is 0 Å². The molecule has 6 heteroatoms. The van der Waals surface area contributed by atoms with Gasteiger partial charge in [-0.25, -0.2) is 0 Å². The van der Waals surface area contributed by atoms with Gasteiger partial charge in [0.05, 0.1) is 0 Å². The van der Waals surface area contributed by atoms with Gasteiger partial charge in [0, 0.05) is 6.42 Å². The van der Waals surface area contributed by atoms with Crippen LogP contribution in [0, 0.1) is 0 Å². The van der Waals surface area contributed by atoms with E-state index < -0.39 is 24.2 Å². The minimum Gasteiger partial charge on any atom is -0.481 e. The van der Waals surface area contributed by atoms with Gasteiger partial charge in [-0.2, -0.15) is 0 Å². The minimum absolute atomic E-state index is 0.197. The summed E-state index contributed by atoms with van der Waals surface area (Å²) in [6.07, 6.45) is 4.01. The van der Waals surface area contributed by atoms with E-state index in [-0.39, 0.29) is 6.42 Å². The lowest BCUT2D eigenvalue weighted by atomic mass is 10.0. The topological polar surface area (TPSA) is 98.1 Å². The van der Waals surface area contributed by atoms with Crippen LogP contribution in [0.4, 0.5) is 0 Å². The molecule has 0 saturated heterocycles. The van der Waals surface area contributed by atoms with Crippen molar-refractivity contribution in [2.75, 3.05) is 7.05 Å². The van der Waals surface area contributed by atoms with Crippen LogP contribution in [0.25, 0.3) is 0 Å². The Morgan fingerprint density at radius 1 is 1.05 bits per heavy atom. The SMILES string of the molecule is CC(O)N(C)C(CCCCCCCC(=O)O)C(=O)O. The van der Waals surface area contributed by atoms with E-state index in [1.54, 1.807) is 14.0 Å². The number of hydrogen-bond donors (Lipinski definition) is 3. The van der Waals surface area contributed by atoms with E-state index in [1.807, 2.05) is 0 Å². The molecular formula is C13H25NO5. The Bertz CT molecular complexity index is 280. The minimum atomic E-state index is -0.922. The van der Waals surface area contributed by atoms with Gasteiger partial charge in [-0.15, -0.1) is 0 Å². The fraction of sp³-hybridized carbons (Fsp3) is 0.846. The van der Waals surface area contributed by atoms with Gasteiger partial charge in [-0.3, -0.25) is 14.5 Å². The molecule has 2 atom stereocenters. The van der Waals surface area contributed by atoms with Crippen molar-refractivity contribution < 1.29 is 24.9 Å². The van der Waals surface area contributed by atoms with Crippen LogP contribution in [0.1, 0.15) is 51.9 Å². The molecule has 0 bridgehead atoms. The molecule has 0 rings (SSSR count). The number of unbranched alkanes of at least 4 members (excludes halogenated alkanes) is 4. The molecule has 0 aromatic carbocycles. The Kier molecular flexibility index (Phi) is 9.16. The van der Waals surface area contributed by atoms with Gasteiger partial charge in [-0.05, 0) is 26.8 Å². The first-order chi connectivity index (χ1) is 8.86. The number of aliphatic hydroxyl groups is 1. The predicted octanol–water partition coefficient (Wildman–Crippen LogP) is 1.52. The van der Waals surface area contributed by atoms with Crippen LogP contribution in [-0.2, 0) is 9.59 Å². The maximum Gasteiger partial charge on any atom is 0.320 e. The van der Waals surface area contributed by atoms with Crippen LogP contribution < -0.4 is 0 Å². The van der Waals surface area contributed by atoms with E-state index in [2.05, 4.69) is 0 Å². The van der Waals surface area contributed by atoms with Crippen LogP contribution in [0.15, 0.2) is 0 Å². The molecule has 0 aromatic rings. The van der Waals surface area contributed by atoms with Crippen LogP contribution in [0.5, 0.6) is 0 Å². The van der Waals surface area contributed by atoms with Gasteiger partial charge in [0.25, 0.3) is 0 Å². The number of hydrogen-bond acceptors (Lipinski definition) is 4. The molecule has 0 saturated carbocycles. The molecule has 0 heterocycles. The lowest BCUT2D eigenvalue weighted by Crippen LogP contribution is -2.43. The highest BCUT2D eigenvalue weighted by Gasteiger charge is 2.24. The first kappa shape index (κ1) is 17.9. The molecule has 112 valence electrons. The molecule has 0 aliphatic heterocycles.